The highest BCUT2D eigenvalue weighted by molar-refractivity contribution is 5.79. The van der Waals surface area contributed by atoms with Crippen LogP contribution >= 0.6 is 0 Å². The molecule has 1 aliphatic carbocycles. The van der Waals surface area contributed by atoms with Crippen molar-refractivity contribution in [1.82, 2.24) is 19.8 Å². The maximum Gasteiger partial charge on any atom is 0.237 e. The molecule has 25 heavy (non-hydrogen) atoms. The van der Waals surface area contributed by atoms with Crippen molar-refractivity contribution in [3.05, 3.63) is 47.8 Å². The van der Waals surface area contributed by atoms with E-state index in [1.807, 2.05) is 41.4 Å². The summed E-state index contributed by atoms with van der Waals surface area (Å²) in [5.41, 5.74) is 3.09. The van der Waals surface area contributed by atoms with Gasteiger partial charge in [0.15, 0.2) is 5.82 Å². The van der Waals surface area contributed by atoms with Gasteiger partial charge in [-0.15, -0.1) is 0 Å². The predicted octanol–water partition coefficient (Wildman–Crippen LogP) is 2.47. The molecule has 1 amide bonds. The third-order valence-electron chi connectivity index (χ3n) is 5.90. The lowest BCUT2D eigenvalue weighted by atomic mass is 10.1. The molecule has 3 heterocycles. The van der Waals surface area contributed by atoms with Crippen LogP contribution in [0.15, 0.2) is 36.5 Å². The van der Waals surface area contributed by atoms with Gasteiger partial charge >= 0.3 is 0 Å². The molecule has 1 aromatic carbocycles. The molecule has 0 spiro atoms. The van der Waals surface area contributed by atoms with Gasteiger partial charge in [-0.1, -0.05) is 30.3 Å². The molecule has 0 unspecified atom stereocenters. The molecular formula is C20H22N4O. The molecule has 1 saturated heterocycles. The van der Waals surface area contributed by atoms with E-state index in [1.54, 1.807) is 0 Å². The highest BCUT2D eigenvalue weighted by atomic mass is 16.2. The first kappa shape index (κ1) is 15.0. The average molecular weight is 334 g/mol. The number of carbonyl (C=O) groups is 1. The second-order valence-corrected chi connectivity index (χ2v) is 7.54. The van der Waals surface area contributed by atoms with Crippen LogP contribution in [0.3, 0.4) is 0 Å². The number of amides is 1. The first-order chi connectivity index (χ1) is 12.3. The van der Waals surface area contributed by atoms with Crippen LogP contribution in [0.5, 0.6) is 0 Å². The zero-order valence-electron chi connectivity index (χ0n) is 14.3. The molecule has 0 radical (unpaired) electrons. The lowest BCUT2D eigenvalue weighted by Crippen LogP contribution is -2.41. The van der Waals surface area contributed by atoms with Crippen LogP contribution in [0.4, 0.5) is 0 Å². The first-order valence-electron chi connectivity index (χ1n) is 9.18. The monoisotopic (exact) mass is 334 g/mol. The lowest BCUT2D eigenvalue weighted by Gasteiger charge is -2.28. The molecule has 5 rings (SSSR count). The van der Waals surface area contributed by atoms with Crippen molar-refractivity contribution < 1.29 is 4.79 Å². The zero-order valence-corrected chi connectivity index (χ0v) is 14.3. The largest absolute Gasteiger partial charge is 0.331 e. The van der Waals surface area contributed by atoms with Crippen LogP contribution in [0.1, 0.15) is 30.5 Å². The summed E-state index contributed by atoms with van der Waals surface area (Å²) in [4.78, 5) is 26.3. The van der Waals surface area contributed by atoms with E-state index < -0.39 is 0 Å². The van der Waals surface area contributed by atoms with E-state index in [9.17, 15) is 4.79 Å². The summed E-state index contributed by atoms with van der Waals surface area (Å²) in [6, 6.07) is 10.6. The van der Waals surface area contributed by atoms with E-state index >= 15 is 0 Å². The van der Waals surface area contributed by atoms with E-state index in [0.29, 0.717) is 25.7 Å². The molecule has 1 aromatic heterocycles. The molecule has 3 aliphatic rings. The Bertz CT molecular complexity index is 807. The Kier molecular flexibility index (Phi) is 3.55. The van der Waals surface area contributed by atoms with Crippen LogP contribution < -0.4 is 0 Å². The molecule has 5 heteroatoms. The number of hydrogen-bond acceptors (Lipinski definition) is 4. The van der Waals surface area contributed by atoms with E-state index in [0.717, 1.165) is 35.1 Å². The highest BCUT2D eigenvalue weighted by Gasteiger charge is 2.39. The van der Waals surface area contributed by atoms with Crippen molar-refractivity contribution in [3.8, 4) is 11.4 Å². The summed E-state index contributed by atoms with van der Waals surface area (Å²) >= 11 is 0. The maximum atomic E-state index is 12.7. The fraction of sp³-hybridized carbons (Fsp3) is 0.450. The van der Waals surface area contributed by atoms with Gasteiger partial charge in [0, 0.05) is 36.5 Å². The number of fused-ring (bicyclic) bond motifs is 3. The molecule has 128 valence electrons. The van der Waals surface area contributed by atoms with E-state index in [-0.39, 0.29) is 5.91 Å². The fourth-order valence-corrected chi connectivity index (χ4v) is 4.55. The van der Waals surface area contributed by atoms with Gasteiger partial charge in [-0.25, -0.2) is 9.97 Å². The van der Waals surface area contributed by atoms with Crippen molar-refractivity contribution in [3.63, 3.8) is 0 Å². The minimum absolute atomic E-state index is 0.229. The van der Waals surface area contributed by atoms with Gasteiger partial charge in [-0.05, 0) is 25.2 Å². The van der Waals surface area contributed by atoms with Gasteiger partial charge in [0.05, 0.1) is 18.8 Å². The molecule has 2 atom stereocenters. The molecular weight excluding hydrogens is 312 g/mol. The van der Waals surface area contributed by atoms with Crippen molar-refractivity contribution in [2.45, 2.75) is 38.4 Å². The first-order valence-corrected chi connectivity index (χ1v) is 9.18. The average Bonchev–Trinajstić information content (AvgIpc) is 3.36. The normalized spacial score (nSPS) is 24.7. The molecule has 2 aromatic rings. The SMILES string of the molecule is O=C(CN1C[C@@H]2CC[C@H]1C2)N1Cc2cnc(-c3ccccc3)nc2C1. The van der Waals surface area contributed by atoms with Crippen LogP contribution in [0.2, 0.25) is 0 Å². The second kappa shape index (κ2) is 5.92. The molecule has 0 N–H and O–H groups in total. The lowest BCUT2D eigenvalue weighted by molar-refractivity contribution is -0.133. The number of carbonyl (C=O) groups excluding carboxylic acids is 1. The minimum atomic E-state index is 0.229. The highest BCUT2D eigenvalue weighted by Crippen LogP contribution is 2.37. The van der Waals surface area contributed by atoms with E-state index in [2.05, 4.69) is 9.88 Å². The Morgan fingerprint density at radius 2 is 2.04 bits per heavy atom. The van der Waals surface area contributed by atoms with Gasteiger partial charge in [-0.3, -0.25) is 9.69 Å². The molecule has 1 saturated carbocycles. The van der Waals surface area contributed by atoms with Crippen molar-refractivity contribution in [1.29, 1.82) is 0 Å². The van der Waals surface area contributed by atoms with Crippen molar-refractivity contribution >= 4 is 5.91 Å². The number of hydrogen-bond donors (Lipinski definition) is 0. The molecule has 2 aliphatic heterocycles. The summed E-state index contributed by atoms with van der Waals surface area (Å²) in [6.45, 7) is 2.92. The summed E-state index contributed by atoms with van der Waals surface area (Å²) in [6.07, 6.45) is 5.79. The fourth-order valence-electron chi connectivity index (χ4n) is 4.55. The zero-order chi connectivity index (χ0) is 16.8. The minimum Gasteiger partial charge on any atom is -0.331 e. The number of piperidine rings is 1. The van der Waals surface area contributed by atoms with Gasteiger partial charge in [0.1, 0.15) is 0 Å². The number of rotatable bonds is 3. The quantitative estimate of drug-likeness (QED) is 0.865. The Labute approximate surface area is 147 Å². The summed E-state index contributed by atoms with van der Waals surface area (Å²) in [7, 11) is 0. The Balaban J connectivity index is 1.28. The predicted molar refractivity (Wildman–Crippen MR) is 94.4 cm³/mol. The summed E-state index contributed by atoms with van der Waals surface area (Å²) in [5.74, 6) is 1.80. The Morgan fingerprint density at radius 1 is 1.16 bits per heavy atom. The van der Waals surface area contributed by atoms with E-state index in [1.165, 1.54) is 19.3 Å². The number of likely N-dealkylation sites (tertiary alicyclic amines) is 1. The number of nitrogens with zero attached hydrogens (tertiary/aromatic N) is 4. The molecule has 2 bridgehead atoms. The number of aromatic nitrogens is 2. The van der Waals surface area contributed by atoms with Crippen molar-refractivity contribution in [2.24, 2.45) is 5.92 Å². The number of benzene rings is 1. The van der Waals surface area contributed by atoms with E-state index in [4.69, 9.17) is 4.98 Å². The van der Waals surface area contributed by atoms with Crippen molar-refractivity contribution in [2.75, 3.05) is 13.1 Å². The topological polar surface area (TPSA) is 49.3 Å². The Hall–Kier alpha value is -2.27. The van der Waals surface area contributed by atoms with Gasteiger partial charge < -0.3 is 4.90 Å². The van der Waals surface area contributed by atoms with Crippen LogP contribution in [-0.2, 0) is 17.9 Å². The third kappa shape index (κ3) is 2.72. The third-order valence-corrected chi connectivity index (χ3v) is 5.90. The molecule has 2 fully saturated rings. The summed E-state index contributed by atoms with van der Waals surface area (Å²) in [5, 5.41) is 0. The van der Waals surface area contributed by atoms with Crippen LogP contribution in [0, 0.1) is 5.92 Å². The standard InChI is InChI=1S/C20H22N4O/c25-19(13-23-10-14-6-7-17(23)8-14)24-11-16-9-21-20(22-18(16)12-24)15-4-2-1-3-5-15/h1-5,9,14,17H,6-8,10-13H2/t14-,17+/m1/s1. The molecule has 5 nitrogen and oxygen atoms in total. The smallest absolute Gasteiger partial charge is 0.237 e. The van der Waals surface area contributed by atoms with Crippen LogP contribution in [0.25, 0.3) is 11.4 Å². The van der Waals surface area contributed by atoms with Crippen LogP contribution in [-0.4, -0.2) is 44.8 Å². The maximum absolute atomic E-state index is 12.7. The second-order valence-electron chi connectivity index (χ2n) is 7.54. The van der Waals surface area contributed by atoms with Gasteiger partial charge in [0.2, 0.25) is 5.91 Å². The summed E-state index contributed by atoms with van der Waals surface area (Å²) < 4.78 is 0. The van der Waals surface area contributed by atoms with Gasteiger partial charge in [0.25, 0.3) is 0 Å². The Morgan fingerprint density at radius 3 is 2.80 bits per heavy atom. The van der Waals surface area contributed by atoms with Gasteiger partial charge in [-0.2, -0.15) is 0 Å².